The van der Waals surface area contributed by atoms with Gasteiger partial charge in [-0.3, -0.25) is 0 Å². The first-order valence-corrected chi connectivity index (χ1v) is 9.55. The van der Waals surface area contributed by atoms with Crippen LogP contribution < -0.4 is 5.32 Å². The SMILES string of the molecule is CC(C)(C)OC(=O)NC1(c2cc(F)c(F)cc2Br)CN(C(=O)OC(C)(C)C)C1. The number of rotatable bonds is 2. The van der Waals surface area contributed by atoms with Gasteiger partial charge in [0.05, 0.1) is 13.1 Å². The summed E-state index contributed by atoms with van der Waals surface area (Å²) < 4.78 is 38.3. The molecule has 0 spiro atoms. The third-order valence-corrected chi connectivity index (χ3v) is 4.50. The minimum Gasteiger partial charge on any atom is -0.444 e. The number of nitrogens with one attached hydrogen (secondary N) is 1. The standard InChI is InChI=1S/C19H25BrF2N2O4/c1-17(2,3)27-15(25)23-19(11-7-13(21)14(22)8-12(11)20)9-24(10-19)16(26)28-18(4,5)6/h7-8H,9-10H2,1-6H3,(H,23,25). The Hall–Kier alpha value is -1.90. The predicted octanol–water partition coefficient (Wildman–Crippen LogP) is 4.70. The molecule has 0 saturated carbocycles. The molecule has 0 atom stereocenters. The molecule has 2 amide bonds. The van der Waals surface area contributed by atoms with E-state index in [9.17, 15) is 18.4 Å². The highest BCUT2D eigenvalue weighted by atomic mass is 79.9. The van der Waals surface area contributed by atoms with E-state index in [2.05, 4.69) is 21.2 Å². The van der Waals surface area contributed by atoms with Crippen LogP contribution in [0.25, 0.3) is 0 Å². The van der Waals surface area contributed by atoms with E-state index in [-0.39, 0.29) is 17.6 Å². The number of carbonyl (C=O) groups is 2. The summed E-state index contributed by atoms with van der Waals surface area (Å²) in [5.74, 6) is -2.08. The van der Waals surface area contributed by atoms with Crippen molar-refractivity contribution >= 4 is 28.1 Å². The number of ether oxygens (including phenoxy) is 2. The molecule has 1 N–H and O–H groups in total. The van der Waals surface area contributed by atoms with Gasteiger partial charge in [0.1, 0.15) is 16.7 Å². The number of carbonyl (C=O) groups excluding carboxylic acids is 2. The first-order valence-electron chi connectivity index (χ1n) is 8.76. The molecule has 1 saturated heterocycles. The van der Waals surface area contributed by atoms with Gasteiger partial charge in [-0.2, -0.15) is 0 Å². The minimum absolute atomic E-state index is 0.0187. The molecule has 1 aliphatic rings. The number of alkyl carbamates (subject to hydrolysis) is 1. The summed E-state index contributed by atoms with van der Waals surface area (Å²) in [6.45, 7) is 10.4. The smallest absolute Gasteiger partial charge is 0.410 e. The van der Waals surface area contributed by atoms with Crippen molar-refractivity contribution in [2.75, 3.05) is 13.1 Å². The maximum atomic E-state index is 13.9. The van der Waals surface area contributed by atoms with Crippen LogP contribution in [0.5, 0.6) is 0 Å². The monoisotopic (exact) mass is 462 g/mol. The van der Waals surface area contributed by atoms with Crippen molar-refractivity contribution in [3.05, 3.63) is 33.8 Å². The van der Waals surface area contributed by atoms with Crippen LogP contribution in [0.2, 0.25) is 0 Å². The van der Waals surface area contributed by atoms with E-state index >= 15 is 0 Å². The summed E-state index contributed by atoms with van der Waals surface area (Å²) in [7, 11) is 0. The van der Waals surface area contributed by atoms with Crippen molar-refractivity contribution < 1.29 is 27.8 Å². The fourth-order valence-corrected chi connectivity index (χ4v) is 3.46. The lowest BCUT2D eigenvalue weighted by atomic mass is 9.82. The average molecular weight is 463 g/mol. The number of amides is 2. The lowest BCUT2D eigenvalue weighted by Crippen LogP contribution is -2.69. The van der Waals surface area contributed by atoms with Gasteiger partial charge in [-0.05, 0) is 59.2 Å². The zero-order valence-corrected chi connectivity index (χ0v) is 18.4. The summed E-state index contributed by atoms with van der Waals surface area (Å²) in [5, 5.41) is 2.71. The molecule has 1 aromatic rings. The average Bonchev–Trinajstić information content (AvgIpc) is 2.42. The molecule has 0 aromatic heterocycles. The van der Waals surface area contributed by atoms with E-state index in [0.29, 0.717) is 5.56 Å². The van der Waals surface area contributed by atoms with Gasteiger partial charge in [0, 0.05) is 4.47 Å². The molecular weight excluding hydrogens is 438 g/mol. The highest BCUT2D eigenvalue weighted by molar-refractivity contribution is 9.10. The molecule has 1 aliphatic heterocycles. The van der Waals surface area contributed by atoms with Crippen LogP contribution in [0.3, 0.4) is 0 Å². The Bertz CT molecular complexity index is 781. The largest absolute Gasteiger partial charge is 0.444 e. The number of likely N-dealkylation sites (tertiary alicyclic amines) is 1. The van der Waals surface area contributed by atoms with E-state index in [0.717, 1.165) is 12.1 Å². The van der Waals surface area contributed by atoms with Crippen molar-refractivity contribution in [3.63, 3.8) is 0 Å². The van der Waals surface area contributed by atoms with Gasteiger partial charge in [0.15, 0.2) is 11.6 Å². The van der Waals surface area contributed by atoms with Gasteiger partial charge in [0.25, 0.3) is 0 Å². The molecule has 0 bridgehead atoms. The molecule has 2 rings (SSSR count). The fourth-order valence-electron chi connectivity index (χ4n) is 2.77. The van der Waals surface area contributed by atoms with Gasteiger partial charge in [0.2, 0.25) is 0 Å². The third kappa shape index (κ3) is 5.33. The number of nitrogens with zero attached hydrogens (tertiary/aromatic N) is 1. The van der Waals surface area contributed by atoms with Crippen molar-refractivity contribution in [2.24, 2.45) is 0 Å². The summed E-state index contributed by atoms with van der Waals surface area (Å²) >= 11 is 3.22. The normalized spacial score (nSPS) is 16.2. The zero-order valence-electron chi connectivity index (χ0n) is 16.8. The van der Waals surface area contributed by atoms with Gasteiger partial charge in [-0.15, -0.1) is 0 Å². The van der Waals surface area contributed by atoms with Crippen molar-refractivity contribution in [3.8, 4) is 0 Å². The van der Waals surface area contributed by atoms with E-state index in [4.69, 9.17) is 9.47 Å². The van der Waals surface area contributed by atoms with E-state index in [1.165, 1.54) is 4.90 Å². The van der Waals surface area contributed by atoms with Crippen molar-refractivity contribution in [1.29, 1.82) is 0 Å². The number of halogens is 3. The Balaban J connectivity index is 2.30. The maximum Gasteiger partial charge on any atom is 0.410 e. The Morgan fingerprint density at radius 2 is 1.54 bits per heavy atom. The van der Waals surface area contributed by atoms with Crippen LogP contribution in [0.1, 0.15) is 47.1 Å². The third-order valence-electron chi connectivity index (χ3n) is 3.84. The van der Waals surface area contributed by atoms with Gasteiger partial charge < -0.3 is 19.7 Å². The lowest BCUT2D eigenvalue weighted by Gasteiger charge is -2.50. The number of benzene rings is 1. The fraction of sp³-hybridized carbons (Fsp3) is 0.579. The predicted molar refractivity (Wildman–Crippen MR) is 103 cm³/mol. The number of hydrogen-bond acceptors (Lipinski definition) is 4. The summed E-state index contributed by atoms with van der Waals surface area (Å²) in [6, 6.07) is 1.99. The quantitative estimate of drug-likeness (QED) is 0.646. The molecule has 1 heterocycles. The Labute approximate surface area is 171 Å². The molecule has 0 radical (unpaired) electrons. The van der Waals surface area contributed by atoms with Crippen LogP contribution in [0, 0.1) is 11.6 Å². The summed E-state index contributed by atoms with van der Waals surface area (Å²) in [6.07, 6.45) is -1.29. The Kier molecular flexibility index (Phi) is 5.99. The van der Waals surface area contributed by atoms with Crippen molar-refractivity contribution in [2.45, 2.75) is 58.3 Å². The minimum atomic E-state index is -1.15. The molecule has 156 valence electrons. The van der Waals surface area contributed by atoms with E-state index in [1.54, 1.807) is 41.5 Å². The maximum absolute atomic E-state index is 13.9. The summed E-state index contributed by atoms with van der Waals surface area (Å²) in [4.78, 5) is 26.0. The highest BCUT2D eigenvalue weighted by Gasteiger charge is 2.50. The molecule has 1 fully saturated rings. The Morgan fingerprint density at radius 3 is 2.04 bits per heavy atom. The first-order chi connectivity index (χ1) is 12.6. The Morgan fingerprint density at radius 1 is 1.04 bits per heavy atom. The van der Waals surface area contributed by atoms with Crippen LogP contribution >= 0.6 is 15.9 Å². The first kappa shape index (κ1) is 22.4. The molecule has 28 heavy (non-hydrogen) atoms. The molecule has 0 unspecified atom stereocenters. The van der Waals surface area contributed by atoms with Crippen LogP contribution in [-0.4, -0.2) is 41.4 Å². The van der Waals surface area contributed by atoms with Gasteiger partial charge >= 0.3 is 12.2 Å². The lowest BCUT2D eigenvalue weighted by molar-refractivity contribution is -0.0232. The van der Waals surface area contributed by atoms with Crippen LogP contribution in [0.15, 0.2) is 16.6 Å². The second kappa shape index (κ2) is 7.50. The second-order valence-corrected chi connectivity index (χ2v) is 9.65. The van der Waals surface area contributed by atoms with Crippen LogP contribution in [-0.2, 0) is 15.0 Å². The highest BCUT2D eigenvalue weighted by Crippen LogP contribution is 2.38. The van der Waals surface area contributed by atoms with Gasteiger partial charge in [-0.1, -0.05) is 15.9 Å². The molecule has 0 aliphatic carbocycles. The molecule has 6 nitrogen and oxygen atoms in total. The zero-order chi connectivity index (χ0) is 21.5. The molecule has 9 heteroatoms. The topological polar surface area (TPSA) is 67.9 Å². The van der Waals surface area contributed by atoms with E-state index < -0.39 is 40.6 Å². The van der Waals surface area contributed by atoms with Crippen LogP contribution in [0.4, 0.5) is 18.4 Å². The number of hydrogen-bond donors (Lipinski definition) is 1. The van der Waals surface area contributed by atoms with Gasteiger partial charge in [-0.25, -0.2) is 18.4 Å². The second-order valence-electron chi connectivity index (χ2n) is 8.79. The van der Waals surface area contributed by atoms with Crippen molar-refractivity contribution in [1.82, 2.24) is 10.2 Å². The van der Waals surface area contributed by atoms with E-state index in [1.807, 2.05) is 0 Å². The summed E-state index contributed by atoms with van der Waals surface area (Å²) in [5.41, 5.74) is -2.27. The molecule has 1 aromatic carbocycles. The molecular formula is C19H25BrF2N2O4.